The molecule has 22 heavy (non-hydrogen) atoms. The Morgan fingerprint density at radius 3 is 2.86 bits per heavy atom. The Morgan fingerprint density at radius 1 is 1.41 bits per heavy atom. The fraction of sp³-hybridized carbons (Fsp3) is 0.357. The second kappa shape index (κ2) is 5.60. The summed E-state index contributed by atoms with van der Waals surface area (Å²) in [5.41, 5.74) is 0. The standard InChI is InChI=1S/C14H15FN2O3S2/c15-11-4-1-5-12-10(11)7-13(21-12)14(18)17-6-2-3-9(8-17)22(16,19)20/h1,4-5,7,9H,2-3,6,8H2,(H2,16,19,20)/t9-/m1/s1. The highest BCUT2D eigenvalue weighted by Crippen LogP contribution is 2.29. The molecule has 5 nitrogen and oxygen atoms in total. The molecule has 118 valence electrons. The molecule has 0 saturated carbocycles. The maximum atomic E-state index is 13.7. The summed E-state index contributed by atoms with van der Waals surface area (Å²) in [6.07, 6.45) is 1.05. The van der Waals surface area contributed by atoms with Crippen molar-refractivity contribution in [3.05, 3.63) is 35.0 Å². The van der Waals surface area contributed by atoms with Gasteiger partial charge in [0.15, 0.2) is 0 Å². The van der Waals surface area contributed by atoms with E-state index in [0.29, 0.717) is 34.3 Å². The number of sulfonamides is 1. The second-order valence-electron chi connectivity index (χ2n) is 5.37. The zero-order valence-corrected chi connectivity index (χ0v) is 13.3. The van der Waals surface area contributed by atoms with Gasteiger partial charge in [0.25, 0.3) is 5.91 Å². The van der Waals surface area contributed by atoms with Crippen molar-refractivity contribution in [2.75, 3.05) is 13.1 Å². The van der Waals surface area contributed by atoms with Gasteiger partial charge in [0, 0.05) is 23.2 Å². The summed E-state index contributed by atoms with van der Waals surface area (Å²) < 4.78 is 37.3. The van der Waals surface area contributed by atoms with Crippen LogP contribution in [-0.4, -0.2) is 37.6 Å². The number of thiophene rings is 1. The molecule has 1 atom stereocenters. The number of halogens is 1. The lowest BCUT2D eigenvalue weighted by Gasteiger charge is -2.31. The Morgan fingerprint density at radius 2 is 2.18 bits per heavy atom. The summed E-state index contributed by atoms with van der Waals surface area (Å²) >= 11 is 1.21. The monoisotopic (exact) mass is 342 g/mol. The number of primary sulfonamides is 1. The average molecular weight is 342 g/mol. The number of nitrogens with zero attached hydrogens (tertiary/aromatic N) is 1. The highest BCUT2D eigenvalue weighted by atomic mass is 32.2. The third-order valence-electron chi connectivity index (χ3n) is 3.85. The summed E-state index contributed by atoms with van der Waals surface area (Å²) in [5.74, 6) is -0.636. The third kappa shape index (κ3) is 2.86. The summed E-state index contributed by atoms with van der Waals surface area (Å²) in [7, 11) is -3.66. The molecule has 8 heteroatoms. The van der Waals surface area contributed by atoms with Gasteiger partial charge in [-0.2, -0.15) is 0 Å². The summed E-state index contributed by atoms with van der Waals surface area (Å²) in [6.45, 7) is 0.579. The zero-order valence-electron chi connectivity index (χ0n) is 11.7. The van der Waals surface area contributed by atoms with Crippen LogP contribution in [0.4, 0.5) is 4.39 Å². The predicted molar refractivity (Wildman–Crippen MR) is 83.8 cm³/mol. The second-order valence-corrected chi connectivity index (χ2v) is 8.30. The van der Waals surface area contributed by atoms with Crippen molar-refractivity contribution in [3.8, 4) is 0 Å². The average Bonchev–Trinajstić information content (AvgIpc) is 2.91. The molecule has 2 N–H and O–H groups in total. The molecule has 2 aromatic rings. The number of carbonyl (C=O) groups excluding carboxylic acids is 1. The first-order chi connectivity index (χ1) is 10.4. The molecule has 1 amide bonds. The molecule has 0 aliphatic carbocycles. The van der Waals surface area contributed by atoms with Crippen molar-refractivity contribution in [2.45, 2.75) is 18.1 Å². The molecule has 2 heterocycles. The van der Waals surface area contributed by atoms with Gasteiger partial charge in [-0.05, 0) is 31.0 Å². The molecule has 1 fully saturated rings. The smallest absolute Gasteiger partial charge is 0.264 e. The fourth-order valence-corrected chi connectivity index (χ4v) is 4.60. The number of benzene rings is 1. The molecule has 0 spiro atoms. The van der Waals surface area contributed by atoms with E-state index in [9.17, 15) is 17.6 Å². The van der Waals surface area contributed by atoms with Crippen molar-refractivity contribution < 1.29 is 17.6 Å². The molecule has 0 bridgehead atoms. The van der Waals surface area contributed by atoms with Crippen LogP contribution in [0.2, 0.25) is 0 Å². The van der Waals surface area contributed by atoms with Crippen LogP contribution in [0.1, 0.15) is 22.5 Å². The summed E-state index contributed by atoms with van der Waals surface area (Å²) in [4.78, 5) is 14.4. The van der Waals surface area contributed by atoms with E-state index >= 15 is 0 Å². The van der Waals surface area contributed by atoms with E-state index in [4.69, 9.17) is 5.14 Å². The predicted octanol–water partition coefficient (Wildman–Crippen LogP) is 1.93. The van der Waals surface area contributed by atoms with Gasteiger partial charge in [-0.25, -0.2) is 17.9 Å². The Bertz CT molecular complexity index is 832. The first-order valence-corrected chi connectivity index (χ1v) is 9.28. The lowest BCUT2D eigenvalue weighted by molar-refractivity contribution is 0.0732. The van der Waals surface area contributed by atoms with Crippen LogP contribution in [0.15, 0.2) is 24.3 Å². The molecular weight excluding hydrogens is 327 g/mol. The number of rotatable bonds is 2. The minimum atomic E-state index is -3.66. The number of fused-ring (bicyclic) bond motifs is 1. The molecule has 1 aliphatic heterocycles. The van der Waals surface area contributed by atoms with Crippen LogP contribution < -0.4 is 5.14 Å². The van der Waals surface area contributed by atoms with Crippen molar-refractivity contribution in [1.29, 1.82) is 0 Å². The molecule has 1 aliphatic rings. The van der Waals surface area contributed by atoms with Gasteiger partial charge in [0.2, 0.25) is 10.0 Å². The van der Waals surface area contributed by atoms with Crippen LogP contribution in [0, 0.1) is 5.82 Å². The SMILES string of the molecule is NS(=O)(=O)[C@@H]1CCCN(C(=O)c2cc3c(F)cccc3s2)C1. The fourth-order valence-electron chi connectivity index (χ4n) is 2.68. The number of likely N-dealkylation sites (tertiary alicyclic amines) is 1. The van der Waals surface area contributed by atoms with Gasteiger partial charge in [0.05, 0.1) is 10.1 Å². The van der Waals surface area contributed by atoms with Crippen molar-refractivity contribution in [1.82, 2.24) is 4.90 Å². The van der Waals surface area contributed by atoms with E-state index in [-0.39, 0.29) is 18.3 Å². The maximum Gasteiger partial charge on any atom is 0.264 e. The molecule has 1 aromatic heterocycles. The molecule has 0 radical (unpaired) electrons. The minimum absolute atomic E-state index is 0.0917. The van der Waals surface area contributed by atoms with E-state index in [1.807, 2.05) is 0 Å². The number of hydrogen-bond acceptors (Lipinski definition) is 4. The van der Waals surface area contributed by atoms with Crippen LogP contribution in [0.3, 0.4) is 0 Å². The zero-order chi connectivity index (χ0) is 15.9. The van der Waals surface area contributed by atoms with Crippen LogP contribution in [0.25, 0.3) is 10.1 Å². The first kappa shape index (κ1) is 15.4. The number of piperidine rings is 1. The minimum Gasteiger partial charge on any atom is -0.337 e. The quantitative estimate of drug-likeness (QED) is 0.905. The van der Waals surface area contributed by atoms with Gasteiger partial charge in [-0.3, -0.25) is 4.79 Å². The van der Waals surface area contributed by atoms with Crippen LogP contribution in [-0.2, 0) is 10.0 Å². The largest absolute Gasteiger partial charge is 0.337 e. The van der Waals surface area contributed by atoms with Crippen LogP contribution in [0.5, 0.6) is 0 Å². The number of hydrogen-bond donors (Lipinski definition) is 1. The maximum absolute atomic E-state index is 13.7. The lowest BCUT2D eigenvalue weighted by Crippen LogP contribution is -2.46. The highest BCUT2D eigenvalue weighted by molar-refractivity contribution is 7.89. The van der Waals surface area contributed by atoms with Crippen molar-refractivity contribution in [2.24, 2.45) is 5.14 Å². The molecule has 3 rings (SSSR count). The third-order valence-corrected chi connectivity index (χ3v) is 6.25. The Labute approximate surface area is 131 Å². The van der Waals surface area contributed by atoms with Crippen molar-refractivity contribution >= 4 is 37.4 Å². The molecular formula is C14H15FN2O3S2. The summed E-state index contributed by atoms with van der Waals surface area (Å²) in [5, 5.41) is 4.87. The normalized spacial score (nSPS) is 19.5. The van der Waals surface area contributed by atoms with E-state index < -0.39 is 15.3 Å². The van der Waals surface area contributed by atoms with Crippen LogP contribution >= 0.6 is 11.3 Å². The van der Waals surface area contributed by atoms with Gasteiger partial charge >= 0.3 is 0 Å². The number of amides is 1. The van der Waals surface area contributed by atoms with Gasteiger partial charge in [-0.1, -0.05) is 6.07 Å². The molecule has 1 aromatic carbocycles. The van der Waals surface area contributed by atoms with Crippen molar-refractivity contribution in [3.63, 3.8) is 0 Å². The van der Waals surface area contributed by atoms with E-state index in [2.05, 4.69) is 0 Å². The number of nitrogens with two attached hydrogens (primary N) is 1. The number of carbonyl (C=O) groups is 1. The molecule has 0 unspecified atom stereocenters. The lowest BCUT2D eigenvalue weighted by atomic mass is 10.1. The van der Waals surface area contributed by atoms with E-state index in [0.717, 1.165) is 0 Å². The van der Waals surface area contributed by atoms with Gasteiger partial charge in [-0.15, -0.1) is 11.3 Å². The Hall–Kier alpha value is -1.51. The van der Waals surface area contributed by atoms with Gasteiger partial charge < -0.3 is 4.90 Å². The topological polar surface area (TPSA) is 80.5 Å². The van der Waals surface area contributed by atoms with E-state index in [1.54, 1.807) is 12.1 Å². The molecule has 1 saturated heterocycles. The van der Waals surface area contributed by atoms with E-state index in [1.165, 1.54) is 28.4 Å². The Balaban J connectivity index is 1.87. The summed E-state index contributed by atoms with van der Waals surface area (Å²) in [6, 6.07) is 6.23. The highest BCUT2D eigenvalue weighted by Gasteiger charge is 2.31. The van der Waals surface area contributed by atoms with Gasteiger partial charge in [0.1, 0.15) is 5.82 Å². The Kier molecular flexibility index (Phi) is 3.92. The first-order valence-electron chi connectivity index (χ1n) is 6.85.